The molecule has 0 radical (unpaired) electrons. The maximum atomic E-state index is 12.3. The lowest BCUT2D eigenvalue weighted by molar-refractivity contribution is 0.0923. The number of amides is 1. The number of hydrogen-bond acceptors (Lipinski definition) is 2. The first-order chi connectivity index (χ1) is 8.60. The second kappa shape index (κ2) is 7.17. The Morgan fingerprint density at radius 3 is 2.56 bits per heavy atom. The molecule has 3 nitrogen and oxygen atoms in total. The molecule has 1 aromatic carbocycles. The number of carbonyl (C=O) groups is 1. The van der Waals surface area contributed by atoms with Crippen molar-refractivity contribution in [2.75, 3.05) is 6.54 Å². The predicted octanol–water partition coefficient (Wildman–Crippen LogP) is 2.35. The van der Waals surface area contributed by atoms with Gasteiger partial charge >= 0.3 is 0 Å². The first-order valence-electron chi connectivity index (χ1n) is 6.69. The molecule has 0 heterocycles. The maximum absolute atomic E-state index is 12.3. The smallest absolute Gasteiger partial charge is 0.251 e. The quantitative estimate of drug-likeness (QED) is 0.812. The zero-order chi connectivity index (χ0) is 13.5. The monoisotopic (exact) mass is 248 g/mol. The van der Waals surface area contributed by atoms with E-state index in [2.05, 4.69) is 26.1 Å². The molecule has 0 fully saturated rings. The van der Waals surface area contributed by atoms with Crippen LogP contribution in [-0.4, -0.2) is 18.5 Å². The van der Waals surface area contributed by atoms with Crippen molar-refractivity contribution >= 4 is 5.91 Å². The van der Waals surface area contributed by atoms with E-state index >= 15 is 0 Å². The predicted molar refractivity (Wildman–Crippen MR) is 75.6 cm³/mol. The molecule has 0 aromatic heterocycles. The van der Waals surface area contributed by atoms with Crippen molar-refractivity contribution in [3.8, 4) is 0 Å². The molecule has 0 saturated heterocycles. The molecule has 1 atom stereocenters. The van der Waals surface area contributed by atoms with Crippen molar-refractivity contribution in [3.05, 3.63) is 35.4 Å². The van der Waals surface area contributed by atoms with Crippen LogP contribution < -0.4 is 11.1 Å². The van der Waals surface area contributed by atoms with Gasteiger partial charge in [-0.1, -0.05) is 39.0 Å². The number of aryl methyl sites for hydroxylation is 1. The summed E-state index contributed by atoms with van der Waals surface area (Å²) >= 11 is 0. The second-order valence-electron chi connectivity index (χ2n) is 4.91. The number of nitrogens with two attached hydrogens (primary N) is 1. The Balaban J connectivity index is 2.80. The van der Waals surface area contributed by atoms with Gasteiger partial charge in [0.15, 0.2) is 0 Å². The van der Waals surface area contributed by atoms with E-state index in [1.807, 2.05) is 24.3 Å². The molecule has 0 spiro atoms. The Kier molecular flexibility index (Phi) is 5.86. The van der Waals surface area contributed by atoms with Gasteiger partial charge in [-0.25, -0.2) is 0 Å². The molecule has 0 aliphatic heterocycles. The van der Waals surface area contributed by atoms with Crippen LogP contribution in [0, 0.1) is 5.92 Å². The molecular formula is C15H24N2O. The van der Waals surface area contributed by atoms with Crippen LogP contribution in [-0.2, 0) is 6.42 Å². The zero-order valence-corrected chi connectivity index (χ0v) is 11.6. The van der Waals surface area contributed by atoms with E-state index in [4.69, 9.17) is 5.73 Å². The first-order valence-corrected chi connectivity index (χ1v) is 6.69. The third-order valence-electron chi connectivity index (χ3n) is 3.24. The molecule has 18 heavy (non-hydrogen) atoms. The van der Waals surface area contributed by atoms with Crippen LogP contribution in [0.5, 0.6) is 0 Å². The van der Waals surface area contributed by atoms with Crippen LogP contribution in [0.3, 0.4) is 0 Å². The van der Waals surface area contributed by atoms with Crippen LogP contribution in [0.15, 0.2) is 24.3 Å². The van der Waals surface area contributed by atoms with Crippen molar-refractivity contribution in [1.29, 1.82) is 0 Å². The summed E-state index contributed by atoms with van der Waals surface area (Å²) in [4.78, 5) is 12.3. The molecule has 1 amide bonds. The van der Waals surface area contributed by atoms with E-state index < -0.39 is 0 Å². The fraction of sp³-hybridized carbons (Fsp3) is 0.533. The van der Waals surface area contributed by atoms with E-state index in [-0.39, 0.29) is 11.9 Å². The summed E-state index contributed by atoms with van der Waals surface area (Å²) in [6, 6.07) is 7.90. The van der Waals surface area contributed by atoms with Crippen LogP contribution >= 0.6 is 0 Å². The molecule has 100 valence electrons. The third-order valence-corrected chi connectivity index (χ3v) is 3.24. The van der Waals surface area contributed by atoms with Crippen LogP contribution in [0.4, 0.5) is 0 Å². The summed E-state index contributed by atoms with van der Waals surface area (Å²) in [5.41, 5.74) is 7.45. The largest absolute Gasteiger partial charge is 0.349 e. The van der Waals surface area contributed by atoms with Gasteiger partial charge in [-0.05, 0) is 36.9 Å². The summed E-state index contributed by atoms with van der Waals surface area (Å²) in [6.07, 6.45) is 1.69. The topological polar surface area (TPSA) is 55.1 Å². The Labute approximate surface area is 110 Å². The van der Waals surface area contributed by atoms with Crippen molar-refractivity contribution in [3.63, 3.8) is 0 Å². The van der Waals surface area contributed by atoms with E-state index in [0.717, 1.165) is 24.0 Å². The number of carbonyl (C=O) groups excluding carboxylic acids is 1. The van der Waals surface area contributed by atoms with E-state index in [9.17, 15) is 4.79 Å². The average molecular weight is 248 g/mol. The number of rotatable bonds is 6. The number of hydrogen-bond donors (Lipinski definition) is 2. The van der Waals surface area contributed by atoms with Gasteiger partial charge in [0.2, 0.25) is 0 Å². The van der Waals surface area contributed by atoms with Crippen LogP contribution in [0.1, 0.15) is 43.1 Å². The van der Waals surface area contributed by atoms with Crippen LogP contribution in [0.25, 0.3) is 0 Å². The zero-order valence-electron chi connectivity index (χ0n) is 11.6. The molecule has 0 saturated carbocycles. The van der Waals surface area contributed by atoms with Crippen molar-refractivity contribution < 1.29 is 4.79 Å². The summed E-state index contributed by atoms with van der Waals surface area (Å²) in [5, 5.41) is 3.09. The SMILES string of the molecule is CCc1ccccc1C(=O)NC(CCN)C(C)C. The Hall–Kier alpha value is -1.35. The highest BCUT2D eigenvalue weighted by molar-refractivity contribution is 5.95. The lowest BCUT2D eigenvalue weighted by Crippen LogP contribution is -2.40. The minimum Gasteiger partial charge on any atom is -0.349 e. The van der Waals surface area contributed by atoms with E-state index in [1.165, 1.54) is 0 Å². The summed E-state index contributed by atoms with van der Waals surface area (Å²) in [7, 11) is 0. The molecule has 1 aromatic rings. The Bertz CT molecular complexity index is 388. The second-order valence-corrected chi connectivity index (χ2v) is 4.91. The standard InChI is InChI=1S/C15H24N2O/c1-4-12-7-5-6-8-13(12)15(18)17-14(9-10-16)11(2)3/h5-8,11,14H,4,9-10,16H2,1-3H3,(H,17,18). The molecule has 0 aliphatic carbocycles. The lowest BCUT2D eigenvalue weighted by Gasteiger charge is -2.22. The summed E-state index contributed by atoms with van der Waals surface area (Å²) in [6.45, 7) is 6.86. The Morgan fingerprint density at radius 2 is 2.00 bits per heavy atom. The van der Waals surface area contributed by atoms with Gasteiger partial charge in [-0.2, -0.15) is 0 Å². The normalized spacial score (nSPS) is 12.5. The van der Waals surface area contributed by atoms with Gasteiger partial charge in [0, 0.05) is 11.6 Å². The molecule has 0 bridgehead atoms. The maximum Gasteiger partial charge on any atom is 0.251 e. The Morgan fingerprint density at radius 1 is 1.33 bits per heavy atom. The molecular weight excluding hydrogens is 224 g/mol. The highest BCUT2D eigenvalue weighted by atomic mass is 16.1. The van der Waals surface area contributed by atoms with E-state index in [0.29, 0.717) is 12.5 Å². The van der Waals surface area contributed by atoms with Gasteiger partial charge < -0.3 is 11.1 Å². The van der Waals surface area contributed by atoms with Crippen LogP contribution in [0.2, 0.25) is 0 Å². The van der Waals surface area contributed by atoms with Gasteiger partial charge in [-0.3, -0.25) is 4.79 Å². The summed E-state index contributed by atoms with van der Waals surface area (Å²) < 4.78 is 0. The molecule has 0 aliphatic rings. The third kappa shape index (κ3) is 3.84. The molecule has 3 heteroatoms. The number of nitrogens with one attached hydrogen (secondary N) is 1. The molecule has 1 rings (SSSR count). The van der Waals surface area contributed by atoms with Crippen molar-refractivity contribution in [2.24, 2.45) is 11.7 Å². The van der Waals surface area contributed by atoms with E-state index in [1.54, 1.807) is 0 Å². The number of benzene rings is 1. The highest BCUT2D eigenvalue weighted by Crippen LogP contribution is 2.12. The van der Waals surface area contributed by atoms with Gasteiger partial charge in [0.1, 0.15) is 0 Å². The fourth-order valence-electron chi connectivity index (χ4n) is 2.05. The average Bonchev–Trinajstić information content (AvgIpc) is 2.37. The minimum absolute atomic E-state index is 0.0135. The summed E-state index contributed by atoms with van der Waals surface area (Å²) in [5.74, 6) is 0.408. The lowest BCUT2D eigenvalue weighted by atomic mass is 9.99. The van der Waals surface area contributed by atoms with Gasteiger partial charge in [-0.15, -0.1) is 0 Å². The first kappa shape index (κ1) is 14.7. The van der Waals surface area contributed by atoms with Crippen molar-refractivity contribution in [2.45, 2.75) is 39.7 Å². The van der Waals surface area contributed by atoms with Gasteiger partial charge in [0.05, 0.1) is 0 Å². The minimum atomic E-state index is 0.0135. The molecule has 3 N–H and O–H groups in total. The van der Waals surface area contributed by atoms with Gasteiger partial charge in [0.25, 0.3) is 5.91 Å². The van der Waals surface area contributed by atoms with Crippen molar-refractivity contribution in [1.82, 2.24) is 5.32 Å². The highest BCUT2D eigenvalue weighted by Gasteiger charge is 2.17. The molecule has 1 unspecified atom stereocenters. The fourth-order valence-corrected chi connectivity index (χ4v) is 2.05.